The first-order valence-corrected chi connectivity index (χ1v) is 5.94. The van der Waals surface area contributed by atoms with E-state index in [4.69, 9.17) is 11.6 Å². The Morgan fingerprint density at radius 1 is 1.44 bits per heavy atom. The third-order valence-electron chi connectivity index (χ3n) is 3.27. The zero-order chi connectivity index (χ0) is 11.1. The first-order chi connectivity index (χ1) is 7.74. The lowest BCUT2D eigenvalue weighted by atomic mass is 10.1. The molecule has 1 fully saturated rings. The predicted octanol–water partition coefficient (Wildman–Crippen LogP) is 2.41. The molecular formula is C12H14ClN3. The third kappa shape index (κ3) is 1.60. The maximum absolute atomic E-state index is 6.12. The van der Waals surface area contributed by atoms with Crippen molar-refractivity contribution in [2.45, 2.75) is 12.3 Å². The molecule has 0 aliphatic carbocycles. The minimum Gasteiger partial charge on any atom is -0.306 e. The molecular weight excluding hydrogens is 222 g/mol. The molecule has 1 unspecified atom stereocenters. The highest BCUT2D eigenvalue weighted by atomic mass is 35.5. The Morgan fingerprint density at radius 3 is 3.00 bits per heavy atom. The highest BCUT2D eigenvalue weighted by Crippen LogP contribution is 2.26. The van der Waals surface area contributed by atoms with Crippen molar-refractivity contribution in [1.29, 1.82) is 0 Å². The van der Waals surface area contributed by atoms with Crippen molar-refractivity contribution in [3.05, 3.63) is 35.2 Å². The van der Waals surface area contributed by atoms with Gasteiger partial charge in [-0.25, -0.2) is 4.98 Å². The van der Waals surface area contributed by atoms with Crippen LogP contribution >= 0.6 is 11.6 Å². The fourth-order valence-corrected chi connectivity index (χ4v) is 2.58. The molecule has 0 bridgehead atoms. The zero-order valence-electron chi connectivity index (χ0n) is 9.23. The molecule has 0 radical (unpaired) electrons. The second-order valence-electron chi connectivity index (χ2n) is 4.49. The van der Waals surface area contributed by atoms with E-state index in [1.54, 1.807) is 0 Å². The van der Waals surface area contributed by atoms with Crippen LogP contribution in [0.5, 0.6) is 0 Å². The van der Waals surface area contributed by atoms with Crippen molar-refractivity contribution in [3.63, 3.8) is 0 Å². The monoisotopic (exact) mass is 235 g/mol. The second kappa shape index (κ2) is 3.75. The van der Waals surface area contributed by atoms with E-state index in [-0.39, 0.29) is 0 Å². The van der Waals surface area contributed by atoms with Gasteiger partial charge in [-0.15, -0.1) is 0 Å². The van der Waals surface area contributed by atoms with Crippen LogP contribution in [0.15, 0.2) is 24.4 Å². The molecule has 1 aliphatic heterocycles. The molecule has 0 amide bonds. The molecule has 3 rings (SSSR count). The number of fused-ring (bicyclic) bond motifs is 1. The molecule has 84 valence electrons. The smallest absolute Gasteiger partial charge is 0.138 e. The summed E-state index contributed by atoms with van der Waals surface area (Å²) in [5, 5.41) is 0.725. The Labute approximate surface area is 99.7 Å². The fourth-order valence-electron chi connectivity index (χ4n) is 2.37. The van der Waals surface area contributed by atoms with Gasteiger partial charge in [0.1, 0.15) is 10.8 Å². The lowest BCUT2D eigenvalue weighted by Crippen LogP contribution is -2.13. The predicted molar refractivity (Wildman–Crippen MR) is 65.1 cm³/mol. The maximum Gasteiger partial charge on any atom is 0.138 e. The molecule has 1 aliphatic rings. The summed E-state index contributed by atoms with van der Waals surface area (Å²) in [7, 11) is 2.16. The molecule has 16 heavy (non-hydrogen) atoms. The highest BCUT2D eigenvalue weighted by Gasteiger charge is 2.23. The number of hydrogen-bond acceptors (Lipinski definition) is 2. The normalized spacial score (nSPS) is 22.0. The number of hydrogen-bond donors (Lipinski definition) is 0. The number of likely N-dealkylation sites (N-methyl/N-ethyl adjacent to an activating group) is 1. The summed E-state index contributed by atoms with van der Waals surface area (Å²) in [5.74, 6) is 0.556. The van der Waals surface area contributed by atoms with Gasteiger partial charge in [0, 0.05) is 18.7 Å². The average Bonchev–Trinajstić information content (AvgIpc) is 2.84. The van der Waals surface area contributed by atoms with Crippen LogP contribution < -0.4 is 0 Å². The van der Waals surface area contributed by atoms with Gasteiger partial charge in [-0.2, -0.15) is 0 Å². The van der Waals surface area contributed by atoms with Gasteiger partial charge in [-0.1, -0.05) is 17.7 Å². The molecule has 3 nitrogen and oxygen atoms in total. The molecule has 1 saturated heterocycles. The standard InChI is InChI=1S/C12H14ClN3/c1-15-6-5-9(7-15)10-8-16-11(13)3-2-4-12(16)14-10/h2-4,8-9H,5-7H2,1H3. The van der Waals surface area contributed by atoms with E-state index >= 15 is 0 Å². The summed E-state index contributed by atoms with van der Waals surface area (Å²) in [6, 6.07) is 5.82. The highest BCUT2D eigenvalue weighted by molar-refractivity contribution is 6.29. The topological polar surface area (TPSA) is 20.5 Å². The van der Waals surface area contributed by atoms with Crippen LogP contribution in [0, 0.1) is 0 Å². The summed E-state index contributed by atoms with van der Waals surface area (Å²) >= 11 is 6.12. The number of imidazole rings is 1. The lowest BCUT2D eigenvalue weighted by Gasteiger charge is -2.06. The fraction of sp³-hybridized carbons (Fsp3) is 0.417. The number of aromatic nitrogens is 2. The summed E-state index contributed by atoms with van der Waals surface area (Å²) in [6.07, 6.45) is 3.26. The molecule has 0 spiro atoms. The van der Waals surface area contributed by atoms with Gasteiger partial charge in [0.25, 0.3) is 0 Å². The minimum atomic E-state index is 0.556. The number of rotatable bonds is 1. The van der Waals surface area contributed by atoms with E-state index in [0.717, 1.165) is 29.6 Å². The summed E-state index contributed by atoms with van der Waals surface area (Å²) in [5.41, 5.74) is 2.11. The van der Waals surface area contributed by atoms with Crippen molar-refractivity contribution in [2.24, 2.45) is 0 Å². The Hall–Kier alpha value is -1.06. The van der Waals surface area contributed by atoms with Gasteiger partial charge >= 0.3 is 0 Å². The van der Waals surface area contributed by atoms with Gasteiger partial charge < -0.3 is 4.90 Å². The number of likely N-dealkylation sites (tertiary alicyclic amines) is 1. The largest absolute Gasteiger partial charge is 0.306 e. The summed E-state index contributed by atoms with van der Waals surface area (Å²) < 4.78 is 1.95. The van der Waals surface area contributed by atoms with Crippen LogP contribution in [-0.4, -0.2) is 34.4 Å². The van der Waals surface area contributed by atoms with E-state index in [1.807, 2.05) is 22.6 Å². The van der Waals surface area contributed by atoms with Crippen LogP contribution in [0.1, 0.15) is 18.0 Å². The van der Waals surface area contributed by atoms with Crippen molar-refractivity contribution < 1.29 is 0 Å². The lowest BCUT2D eigenvalue weighted by molar-refractivity contribution is 0.411. The molecule has 1 atom stereocenters. The molecule has 3 heterocycles. The SMILES string of the molecule is CN1CCC(c2cn3c(Cl)cccc3n2)C1. The van der Waals surface area contributed by atoms with Gasteiger partial charge in [0.15, 0.2) is 0 Å². The first kappa shape index (κ1) is 10.1. The van der Waals surface area contributed by atoms with Gasteiger partial charge in [0.05, 0.1) is 5.69 Å². The number of nitrogens with zero attached hydrogens (tertiary/aromatic N) is 3. The first-order valence-electron chi connectivity index (χ1n) is 5.56. The van der Waals surface area contributed by atoms with Gasteiger partial charge in [-0.05, 0) is 32.1 Å². The third-order valence-corrected chi connectivity index (χ3v) is 3.58. The van der Waals surface area contributed by atoms with E-state index in [9.17, 15) is 0 Å². The summed E-state index contributed by atoms with van der Waals surface area (Å²) in [4.78, 5) is 6.99. The molecule has 0 aromatic carbocycles. The Morgan fingerprint density at radius 2 is 2.31 bits per heavy atom. The quantitative estimate of drug-likeness (QED) is 0.708. The summed E-state index contributed by atoms with van der Waals surface area (Å²) in [6.45, 7) is 2.26. The van der Waals surface area contributed by atoms with Crippen molar-refractivity contribution in [1.82, 2.24) is 14.3 Å². The molecule has 2 aromatic rings. The van der Waals surface area contributed by atoms with Crippen LogP contribution in [0.4, 0.5) is 0 Å². The van der Waals surface area contributed by atoms with E-state index in [2.05, 4.69) is 23.1 Å². The van der Waals surface area contributed by atoms with E-state index in [1.165, 1.54) is 6.42 Å². The van der Waals surface area contributed by atoms with Crippen molar-refractivity contribution in [2.75, 3.05) is 20.1 Å². The minimum absolute atomic E-state index is 0.556. The molecule has 4 heteroatoms. The number of pyridine rings is 1. The van der Waals surface area contributed by atoms with Gasteiger partial charge in [-0.3, -0.25) is 4.40 Å². The Balaban J connectivity index is 2.02. The molecule has 0 N–H and O–H groups in total. The van der Waals surface area contributed by atoms with Crippen molar-refractivity contribution >= 4 is 17.2 Å². The average molecular weight is 236 g/mol. The Kier molecular flexibility index (Phi) is 2.37. The maximum atomic E-state index is 6.12. The van der Waals surface area contributed by atoms with E-state index in [0.29, 0.717) is 5.92 Å². The molecule has 0 saturated carbocycles. The zero-order valence-corrected chi connectivity index (χ0v) is 9.98. The van der Waals surface area contributed by atoms with Gasteiger partial charge in [0.2, 0.25) is 0 Å². The van der Waals surface area contributed by atoms with Crippen molar-refractivity contribution in [3.8, 4) is 0 Å². The number of halogens is 1. The van der Waals surface area contributed by atoms with Crippen LogP contribution in [0.2, 0.25) is 5.15 Å². The second-order valence-corrected chi connectivity index (χ2v) is 4.88. The Bertz CT molecular complexity index is 520. The van der Waals surface area contributed by atoms with Crippen LogP contribution in [0.3, 0.4) is 0 Å². The molecule has 2 aromatic heterocycles. The van der Waals surface area contributed by atoms with Crippen LogP contribution in [-0.2, 0) is 0 Å². The van der Waals surface area contributed by atoms with Crippen LogP contribution in [0.25, 0.3) is 5.65 Å². The van der Waals surface area contributed by atoms with E-state index < -0.39 is 0 Å².